The Morgan fingerprint density at radius 1 is 1.35 bits per heavy atom. The highest BCUT2D eigenvalue weighted by atomic mass is 32.2. The molecule has 144 valence electrons. The Balaban J connectivity index is 2.09. The van der Waals surface area contributed by atoms with Crippen LogP contribution in [0.5, 0.6) is 0 Å². The molecule has 1 heterocycles. The summed E-state index contributed by atoms with van der Waals surface area (Å²) in [7, 11) is -3.85. The number of rotatable bonds is 7. The average Bonchev–Trinajstić information content (AvgIpc) is 2.61. The molecule has 0 aromatic heterocycles. The smallest absolute Gasteiger partial charge is 0.243 e. The topological polar surface area (TPSA) is 107 Å². The number of carbonyl (C=O) groups excluding carboxylic acids is 2. The number of carbonyl (C=O) groups is 2. The van der Waals surface area contributed by atoms with Gasteiger partial charge in [-0.05, 0) is 49.3 Å². The number of nitrogens with one attached hydrogen (secondary N) is 1. The summed E-state index contributed by atoms with van der Waals surface area (Å²) in [5.41, 5.74) is 0. The lowest BCUT2D eigenvalue weighted by atomic mass is 9.98. The van der Waals surface area contributed by atoms with Crippen molar-refractivity contribution >= 4 is 34.5 Å². The van der Waals surface area contributed by atoms with Crippen molar-refractivity contribution in [1.29, 1.82) is 0 Å². The monoisotopic (exact) mass is 403 g/mol. The maximum Gasteiger partial charge on any atom is 0.243 e. The van der Waals surface area contributed by atoms with Gasteiger partial charge in [-0.15, -0.1) is 0 Å². The standard InChI is InChI=1S/C16H21FN2O5S2/c17-12-3-5-13(6-4-12)26(23,24)19-8-1-2-11(10-19)15(20)18-14(7-9-25)16(21)22/h3-6,11,14,25H,1-2,7-10H2,(H,18,20)(H,21,22)/p-1/t11-,14+/m1/s1. The molecule has 10 heteroatoms. The Morgan fingerprint density at radius 2 is 2.00 bits per heavy atom. The summed E-state index contributed by atoms with van der Waals surface area (Å²) >= 11 is 3.95. The van der Waals surface area contributed by atoms with E-state index in [1.165, 1.54) is 16.4 Å². The van der Waals surface area contributed by atoms with Crippen LogP contribution < -0.4 is 10.4 Å². The number of amides is 1. The fourth-order valence-electron chi connectivity index (χ4n) is 2.80. The van der Waals surface area contributed by atoms with E-state index >= 15 is 0 Å². The number of halogens is 1. The first-order valence-electron chi connectivity index (χ1n) is 8.13. The molecule has 0 aliphatic carbocycles. The van der Waals surface area contributed by atoms with Crippen molar-refractivity contribution in [3.63, 3.8) is 0 Å². The largest absolute Gasteiger partial charge is 0.548 e. The van der Waals surface area contributed by atoms with Gasteiger partial charge in [0.1, 0.15) is 5.82 Å². The Hall–Kier alpha value is -1.65. The number of aliphatic carboxylic acids is 1. The lowest BCUT2D eigenvalue weighted by Crippen LogP contribution is -2.52. The zero-order valence-electron chi connectivity index (χ0n) is 13.9. The highest BCUT2D eigenvalue weighted by Crippen LogP contribution is 2.24. The zero-order valence-corrected chi connectivity index (χ0v) is 15.6. The Bertz CT molecular complexity index is 754. The van der Waals surface area contributed by atoms with Crippen LogP contribution in [0, 0.1) is 11.7 Å². The minimum Gasteiger partial charge on any atom is -0.548 e. The molecule has 0 bridgehead atoms. The van der Waals surface area contributed by atoms with Crippen molar-refractivity contribution in [3.05, 3.63) is 30.1 Å². The second-order valence-electron chi connectivity index (χ2n) is 6.05. The summed E-state index contributed by atoms with van der Waals surface area (Å²) in [4.78, 5) is 23.3. The molecule has 0 saturated carbocycles. The molecule has 7 nitrogen and oxygen atoms in total. The summed E-state index contributed by atoms with van der Waals surface area (Å²) in [6.45, 7) is 0.177. The maximum atomic E-state index is 13.0. The number of benzene rings is 1. The van der Waals surface area contributed by atoms with Gasteiger partial charge >= 0.3 is 0 Å². The van der Waals surface area contributed by atoms with Crippen molar-refractivity contribution in [1.82, 2.24) is 9.62 Å². The fraction of sp³-hybridized carbons (Fsp3) is 0.500. The van der Waals surface area contributed by atoms with Crippen LogP contribution in [0.2, 0.25) is 0 Å². The molecular formula is C16H20FN2O5S2-. The third-order valence-corrected chi connectivity index (χ3v) is 6.36. The summed E-state index contributed by atoms with van der Waals surface area (Å²) in [6.07, 6.45) is 1.02. The summed E-state index contributed by atoms with van der Waals surface area (Å²) in [5, 5.41) is 13.4. The van der Waals surface area contributed by atoms with Crippen molar-refractivity contribution in [2.45, 2.75) is 30.2 Å². The molecule has 1 N–H and O–H groups in total. The van der Waals surface area contributed by atoms with Gasteiger partial charge in [0.15, 0.2) is 0 Å². The normalized spacial score (nSPS) is 19.7. The Kier molecular flexibility index (Phi) is 7.01. The number of piperidine rings is 1. The molecule has 1 aromatic rings. The van der Waals surface area contributed by atoms with E-state index in [-0.39, 0.29) is 30.2 Å². The molecule has 1 aliphatic rings. The van der Waals surface area contributed by atoms with E-state index in [9.17, 15) is 27.5 Å². The van der Waals surface area contributed by atoms with E-state index in [1.54, 1.807) is 0 Å². The summed E-state index contributed by atoms with van der Waals surface area (Å²) < 4.78 is 39.5. The molecule has 2 atom stereocenters. The zero-order chi connectivity index (χ0) is 19.3. The van der Waals surface area contributed by atoms with Gasteiger partial charge in [-0.2, -0.15) is 16.9 Å². The van der Waals surface area contributed by atoms with Gasteiger partial charge in [-0.1, -0.05) is 0 Å². The van der Waals surface area contributed by atoms with Gasteiger partial charge in [0.2, 0.25) is 15.9 Å². The van der Waals surface area contributed by atoms with E-state index in [4.69, 9.17) is 0 Å². The minimum atomic E-state index is -3.85. The third-order valence-electron chi connectivity index (χ3n) is 4.23. The molecule has 1 fully saturated rings. The molecule has 0 unspecified atom stereocenters. The molecule has 1 amide bonds. The van der Waals surface area contributed by atoms with Gasteiger partial charge in [0.05, 0.1) is 22.8 Å². The molecule has 1 aliphatic heterocycles. The number of carboxylic acid groups (broad SMARTS) is 1. The van der Waals surface area contributed by atoms with Crippen LogP contribution in [0.25, 0.3) is 0 Å². The quantitative estimate of drug-likeness (QED) is 0.613. The first-order valence-corrected chi connectivity index (χ1v) is 10.2. The van der Waals surface area contributed by atoms with E-state index in [0.29, 0.717) is 12.8 Å². The van der Waals surface area contributed by atoms with Crippen molar-refractivity contribution in [2.24, 2.45) is 5.92 Å². The average molecular weight is 403 g/mol. The first kappa shape index (κ1) is 20.7. The van der Waals surface area contributed by atoms with Gasteiger partial charge in [-0.3, -0.25) is 4.79 Å². The fourth-order valence-corrected chi connectivity index (χ4v) is 4.58. The van der Waals surface area contributed by atoms with Crippen molar-refractivity contribution in [3.8, 4) is 0 Å². The molecule has 0 spiro atoms. The summed E-state index contributed by atoms with van der Waals surface area (Å²) in [6, 6.07) is 3.30. The number of thiol groups is 1. The van der Waals surface area contributed by atoms with Crippen molar-refractivity contribution in [2.75, 3.05) is 18.8 Å². The van der Waals surface area contributed by atoms with Crippen LogP contribution in [0.3, 0.4) is 0 Å². The number of hydrogen-bond donors (Lipinski definition) is 2. The number of nitrogens with zero attached hydrogens (tertiary/aromatic N) is 1. The highest BCUT2D eigenvalue weighted by Gasteiger charge is 2.34. The summed E-state index contributed by atoms with van der Waals surface area (Å²) in [5.74, 6) is -2.88. The van der Waals surface area contributed by atoms with Gasteiger partial charge in [-0.25, -0.2) is 12.8 Å². The Labute approximate surface area is 157 Å². The van der Waals surface area contributed by atoms with Crippen molar-refractivity contribution < 1.29 is 27.5 Å². The van der Waals surface area contributed by atoms with E-state index in [1.807, 2.05) is 0 Å². The van der Waals surface area contributed by atoms with Crippen LogP contribution in [-0.2, 0) is 19.6 Å². The maximum absolute atomic E-state index is 13.0. The lowest BCUT2D eigenvalue weighted by Gasteiger charge is -2.32. The third kappa shape index (κ3) is 4.95. The SMILES string of the molecule is O=C(N[C@@H](CCS)C(=O)[O-])[C@@H]1CCCN(S(=O)(=O)c2ccc(F)cc2)C1. The van der Waals surface area contributed by atoms with Crippen LogP contribution in [0.15, 0.2) is 29.2 Å². The van der Waals surface area contributed by atoms with Crippen LogP contribution in [-0.4, -0.2) is 49.5 Å². The van der Waals surface area contributed by atoms with E-state index < -0.39 is 39.7 Å². The lowest BCUT2D eigenvalue weighted by molar-refractivity contribution is -0.308. The second-order valence-corrected chi connectivity index (χ2v) is 8.43. The second kappa shape index (κ2) is 8.83. The molecule has 1 saturated heterocycles. The van der Waals surface area contributed by atoms with Crippen LogP contribution in [0.4, 0.5) is 4.39 Å². The first-order chi connectivity index (χ1) is 12.3. The number of carboxylic acids is 1. The molecule has 26 heavy (non-hydrogen) atoms. The van der Waals surface area contributed by atoms with Crippen LogP contribution in [0.1, 0.15) is 19.3 Å². The predicted molar refractivity (Wildman–Crippen MR) is 93.3 cm³/mol. The molecular weight excluding hydrogens is 383 g/mol. The number of sulfonamides is 1. The van der Waals surface area contributed by atoms with E-state index in [2.05, 4.69) is 17.9 Å². The highest BCUT2D eigenvalue weighted by molar-refractivity contribution is 7.89. The minimum absolute atomic E-state index is 0.0531. The molecule has 2 rings (SSSR count). The molecule has 1 aromatic carbocycles. The Morgan fingerprint density at radius 3 is 2.58 bits per heavy atom. The van der Waals surface area contributed by atoms with Crippen LogP contribution >= 0.6 is 12.6 Å². The molecule has 0 radical (unpaired) electrons. The van der Waals surface area contributed by atoms with Gasteiger partial charge < -0.3 is 15.2 Å². The van der Waals surface area contributed by atoms with E-state index in [0.717, 1.165) is 12.1 Å². The van der Waals surface area contributed by atoms with Gasteiger partial charge in [0.25, 0.3) is 0 Å². The van der Waals surface area contributed by atoms with Gasteiger partial charge in [0, 0.05) is 13.1 Å². The predicted octanol–water partition coefficient (Wildman–Crippen LogP) is -0.219. The number of hydrogen-bond acceptors (Lipinski definition) is 6.